The number of piperidine rings is 1. The van der Waals surface area contributed by atoms with Crippen LogP contribution in [0.15, 0.2) is 11.5 Å². The van der Waals surface area contributed by atoms with Crippen molar-refractivity contribution < 1.29 is 9.64 Å². The number of nitrogens with zero attached hydrogens (tertiary/aromatic N) is 2. The van der Waals surface area contributed by atoms with Gasteiger partial charge in [-0.25, -0.2) is 0 Å². The molecule has 0 amide bonds. The van der Waals surface area contributed by atoms with E-state index in [1.165, 1.54) is 4.90 Å². The largest absolute Gasteiger partial charge is 0.420 e. The van der Waals surface area contributed by atoms with E-state index in [1.807, 2.05) is 6.92 Å². The molecule has 0 radical (unpaired) electrons. The van der Waals surface area contributed by atoms with Crippen LogP contribution < -0.4 is 15.4 Å². The highest BCUT2D eigenvalue weighted by Gasteiger charge is 2.55. The zero-order valence-electron chi connectivity index (χ0n) is 12.9. The third kappa shape index (κ3) is 1.70. The second-order valence-corrected chi connectivity index (χ2v) is 6.51. The summed E-state index contributed by atoms with van der Waals surface area (Å²) in [5.41, 5.74) is 8.19. The Balaban J connectivity index is 2.26. The molecule has 4 atom stereocenters. The lowest BCUT2D eigenvalue weighted by Gasteiger charge is -2.47. The summed E-state index contributed by atoms with van der Waals surface area (Å²) < 4.78 is 5.58. The summed E-state index contributed by atoms with van der Waals surface area (Å²) in [7, 11) is 2.20. The van der Waals surface area contributed by atoms with Crippen LogP contribution in [0.1, 0.15) is 31.5 Å². The molecule has 3 rings (SSSR count). The molecule has 2 aliphatic heterocycles. The van der Waals surface area contributed by atoms with Gasteiger partial charge in [-0.3, -0.25) is 5.10 Å². The zero-order chi connectivity index (χ0) is 15.4. The van der Waals surface area contributed by atoms with Gasteiger partial charge in [0.2, 0.25) is 11.8 Å². The van der Waals surface area contributed by atoms with Gasteiger partial charge in [0.25, 0.3) is 0 Å². The number of quaternary nitrogens is 1. The van der Waals surface area contributed by atoms with Crippen LogP contribution in [0.4, 0.5) is 0 Å². The van der Waals surface area contributed by atoms with Gasteiger partial charge in [-0.2, -0.15) is 5.26 Å². The summed E-state index contributed by atoms with van der Waals surface area (Å²) in [5.74, 6) is 1.03. The summed E-state index contributed by atoms with van der Waals surface area (Å²) in [6.07, 6.45) is 0.875. The summed E-state index contributed by atoms with van der Waals surface area (Å²) in [6.45, 7) is 7.39. The molecule has 0 bridgehead atoms. The van der Waals surface area contributed by atoms with Gasteiger partial charge in [-0.15, -0.1) is 5.10 Å². The summed E-state index contributed by atoms with van der Waals surface area (Å²) >= 11 is 0. The second kappa shape index (κ2) is 4.50. The van der Waals surface area contributed by atoms with Crippen molar-refractivity contribution in [1.82, 2.24) is 10.2 Å². The van der Waals surface area contributed by atoms with Gasteiger partial charge in [-0.05, 0) is 13.8 Å². The molecule has 0 aromatic carbocycles. The first-order chi connectivity index (χ1) is 9.91. The molecule has 6 heteroatoms. The first-order valence-electron chi connectivity index (χ1n) is 7.37. The lowest BCUT2D eigenvalue weighted by molar-refractivity contribution is -0.914. The Morgan fingerprint density at radius 3 is 2.90 bits per heavy atom. The van der Waals surface area contributed by atoms with E-state index in [2.05, 4.69) is 37.2 Å². The van der Waals surface area contributed by atoms with Crippen molar-refractivity contribution in [2.24, 2.45) is 11.7 Å². The lowest BCUT2D eigenvalue weighted by atomic mass is 9.60. The van der Waals surface area contributed by atoms with Crippen LogP contribution in [0, 0.1) is 24.2 Å². The number of aromatic nitrogens is 2. The summed E-state index contributed by atoms with van der Waals surface area (Å²) in [4.78, 5) is 1.48. The van der Waals surface area contributed by atoms with E-state index in [0.717, 1.165) is 24.2 Å². The van der Waals surface area contributed by atoms with E-state index in [-0.39, 0.29) is 11.3 Å². The van der Waals surface area contributed by atoms with Crippen molar-refractivity contribution >= 4 is 0 Å². The molecule has 3 heterocycles. The molecular formula is C15H22N5O+. The predicted molar refractivity (Wildman–Crippen MR) is 77.5 cm³/mol. The maximum absolute atomic E-state index is 9.70. The first-order valence-corrected chi connectivity index (χ1v) is 7.37. The Kier molecular flexibility index (Phi) is 2.99. The van der Waals surface area contributed by atoms with E-state index in [4.69, 9.17) is 10.5 Å². The molecule has 2 aliphatic rings. The minimum Gasteiger partial charge on any atom is -0.420 e. The minimum absolute atomic E-state index is 0.204. The van der Waals surface area contributed by atoms with Gasteiger partial charge in [-0.1, -0.05) is 6.92 Å². The summed E-state index contributed by atoms with van der Waals surface area (Å²) in [5, 5.41) is 16.9. The number of nitrogens with two attached hydrogens (primary N) is 1. The maximum atomic E-state index is 9.70. The van der Waals surface area contributed by atoms with Crippen LogP contribution in [0.5, 0.6) is 5.88 Å². The van der Waals surface area contributed by atoms with Crippen molar-refractivity contribution in [2.45, 2.75) is 38.6 Å². The van der Waals surface area contributed by atoms with Crippen molar-refractivity contribution in [3.8, 4) is 11.9 Å². The number of allylic oxidation sites excluding steroid dienone is 1. The normalized spacial score (nSPS) is 35.3. The van der Waals surface area contributed by atoms with E-state index in [9.17, 15) is 5.26 Å². The Hall–Kier alpha value is -2.00. The highest BCUT2D eigenvalue weighted by Crippen LogP contribution is 2.51. The van der Waals surface area contributed by atoms with Crippen LogP contribution in [0.2, 0.25) is 0 Å². The third-order valence-electron chi connectivity index (χ3n) is 5.31. The molecule has 4 N–H and O–H groups in total. The monoisotopic (exact) mass is 288 g/mol. The number of hydrogen-bond acceptors (Lipinski definition) is 4. The van der Waals surface area contributed by atoms with Gasteiger partial charge >= 0.3 is 0 Å². The zero-order valence-corrected chi connectivity index (χ0v) is 12.9. The Labute approximate surface area is 124 Å². The van der Waals surface area contributed by atoms with Crippen LogP contribution >= 0.6 is 0 Å². The van der Waals surface area contributed by atoms with E-state index >= 15 is 0 Å². The Bertz CT molecular complexity index is 656. The van der Waals surface area contributed by atoms with Gasteiger partial charge in [0.15, 0.2) is 0 Å². The topological polar surface area (TPSA) is 92.2 Å². The maximum Gasteiger partial charge on any atom is 0.244 e. The number of nitriles is 1. The number of hydrogen-bond donors (Lipinski definition) is 3. The Morgan fingerprint density at radius 1 is 1.52 bits per heavy atom. The van der Waals surface area contributed by atoms with Gasteiger partial charge in [0.1, 0.15) is 11.6 Å². The molecular weight excluding hydrogens is 266 g/mol. The molecule has 6 nitrogen and oxygen atoms in total. The molecule has 0 aliphatic carbocycles. The highest BCUT2D eigenvalue weighted by atomic mass is 16.5. The average molecular weight is 288 g/mol. The van der Waals surface area contributed by atoms with Crippen molar-refractivity contribution in [2.75, 3.05) is 13.6 Å². The lowest BCUT2D eigenvalue weighted by Crippen LogP contribution is -3.15. The number of H-pyrrole nitrogens is 1. The van der Waals surface area contributed by atoms with E-state index < -0.39 is 0 Å². The SMILES string of the molecule is Cc1[nH]nc2c1[C@@]1(C[C@@H](C)[NH+](C)C[C@H]1C)C(C#N)=C(N)O2. The van der Waals surface area contributed by atoms with Gasteiger partial charge in [0.05, 0.1) is 25.0 Å². The third-order valence-corrected chi connectivity index (χ3v) is 5.31. The molecule has 1 spiro atoms. The van der Waals surface area contributed by atoms with Crippen molar-refractivity contribution in [3.63, 3.8) is 0 Å². The number of aryl methyl sites for hydroxylation is 1. The first kappa shape index (κ1) is 14.0. The fourth-order valence-corrected chi connectivity index (χ4v) is 4.07. The highest BCUT2D eigenvalue weighted by molar-refractivity contribution is 5.54. The second-order valence-electron chi connectivity index (χ2n) is 6.51. The number of ether oxygens (including phenoxy) is 1. The Morgan fingerprint density at radius 2 is 2.24 bits per heavy atom. The van der Waals surface area contributed by atoms with Crippen molar-refractivity contribution in [1.29, 1.82) is 5.26 Å². The molecule has 21 heavy (non-hydrogen) atoms. The molecule has 1 aromatic rings. The molecule has 112 valence electrons. The van der Waals surface area contributed by atoms with Crippen LogP contribution in [-0.2, 0) is 5.41 Å². The van der Waals surface area contributed by atoms with E-state index in [0.29, 0.717) is 23.4 Å². The minimum atomic E-state index is -0.386. The standard InChI is InChI=1S/C15H21N5O/c1-8-7-20(4)9(2)5-15(8)11(6-16)13(17)21-14-12(15)10(3)18-19-14/h8-9H,5,7,17H2,1-4H3,(H,18,19)/p+1/t8-,9-,15-/m1/s1. The fraction of sp³-hybridized carbons (Fsp3) is 0.600. The van der Waals surface area contributed by atoms with E-state index in [1.54, 1.807) is 0 Å². The quantitative estimate of drug-likeness (QED) is 0.626. The molecule has 1 unspecified atom stereocenters. The van der Waals surface area contributed by atoms with Crippen LogP contribution in [0.25, 0.3) is 0 Å². The van der Waals surface area contributed by atoms with Crippen LogP contribution in [-0.4, -0.2) is 29.8 Å². The van der Waals surface area contributed by atoms with Gasteiger partial charge < -0.3 is 15.4 Å². The number of rotatable bonds is 0. The van der Waals surface area contributed by atoms with Crippen LogP contribution in [0.3, 0.4) is 0 Å². The van der Waals surface area contributed by atoms with Gasteiger partial charge in [0, 0.05) is 23.6 Å². The molecule has 1 fully saturated rings. The molecule has 0 saturated carbocycles. The summed E-state index contributed by atoms with van der Waals surface area (Å²) in [6, 6.07) is 2.76. The number of aromatic amines is 1. The fourth-order valence-electron chi connectivity index (χ4n) is 4.07. The van der Waals surface area contributed by atoms with Crippen molar-refractivity contribution in [3.05, 3.63) is 22.7 Å². The number of fused-ring (bicyclic) bond motifs is 2. The molecule has 1 aromatic heterocycles. The predicted octanol–water partition coefficient (Wildman–Crippen LogP) is -0.0148. The molecule has 1 saturated heterocycles. The average Bonchev–Trinajstić information content (AvgIpc) is 2.78. The number of likely N-dealkylation sites (tertiary alicyclic amines) is 1. The number of nitrogens with one attached hydrogen (secondary N) is 2. The smallest absolute Gasteiger partial charge is 0.244 e.